The number of piperidine rings is 1. The Balaban J connectivity index is 1.11. The Kier molecular flexibility index (Phi) is 5.94. The van der Waals surface area contributed by atoms with E-state index in [9.17, 15) is 9.90 Å². The van der Waals surface area contributed by atoms with Crippen molar-refractivity contribution in [2.24, 2.45) is 22.8 Å². The minimum Gasteiger partial charge on any atom is -0.390 e. The molecule has 3 aromatic rings. The standard InChI is InChI=1S/C30H31N5O2/c31-27-24-4-2-1-3-22(24)16-30(27)11-13-35(14-12-30)29-26(18-36)34-23(17-33-29)10-9-21-15-25(21)19-5-7-20(8-6-19)28(32)37/h1-8,17,21,25,27,36H,11-16,18,31H2,(H2,32,37)/t21?,25?,27-/m1/s1. The Morgan fingerprint density at radius 1 is 1.14 bits per heavy atom. The van der Waals surface area contributed by atoms with Gasteiger partial charge in [0.15, 0.2) is 5.82 Å². The summed E-state index contributed by atoms with van der Waals surface area (Å²) in [5.41, 5.74) is 17.6. The molecule has 0 radical (unpaired) electrons. The first-order valence-electron chi connectivity index (χ1n) is 12.9. The molecule has 1 aliphatic heterocycles. The zero-order chi connectivity index (χ0) is 25.6. The van der Waals surface area contributed by atoms with Crippen LogP contribution >= 0.6 is 0 Å². The second-order valence-electron chi connectivity index (χ2n) is 10.6. The highest BCUT2D eigenvalue weighted by molar-refractivity contribution is 5.92. The summed E-state index contributed by atoms with van der Waals surface area (Å²) in [6.07, 6.45) is 5.69. The first kappa shape index (κ1) is 23.7. The van der Waals surface area contributed by atoms with Gasteiger partial charge in [-0.05, 0) is 71.8 Å². The third kappa shape index (κ3) is 4.37. The van der Waals surface area contributed by atoms with E-state index in [-0.39, 0.29) is 24.0 Å². The van der Waals surface area contributed by atoms with Gasteiger partial charge in [-0.1, -0.05) is 42.3 Å². The minimum absolute atomic E-state index is 0.0687. The van der Waals surface area contributed by atoms with Crippen LogP contribution in [0.25, 0.3) is 0 Å². The predicted molar refractivity (Wildman–Crippen MR) is 142 cm³/mol. The van der Waals surface area contributed by atoms with Crippen molar-refractivity contribution in [1.29, 1.82) is 0 Å². The van der Waals surface area contributed by atoms with Gasteiger partial charge < -0.3 is 21.5 Å². The number of rotatable bonds is 4. The highest BCUT2D eigenvalue weighted by Crippen LogP contribution is 2.51. The van der Waals surface area contributed by atoms with Crippen LogP contribution in [0.3, 0.4) is 0 Å². The SMILES string of the molecule is NC(=O)c1ccc(C2CC2C#Cc2cnc(N3CCC4(CC3)Cc3ccccc3[C@H]4N)c(CO)n2)cc1. The van der Waals surface area contributed by atoms with Crippen LogP contribution in [0.1, 0.15) is 69.7 Å². The number of primary amides is 1. The van der Waals surface area contributed by atoms with Gasteiger partial charge in [-0.2, -0.15) is 0 Å². The number of aromatic nitrogens is 2. The molecule has 7 nitrogen and oxygen atoms in total. The highest BCUT2D eigenvalue weighted by atomic mass is 16.3. The Labute approximate surface area is 216 Å². The lowest BCUT2D eigenvalue weighted by Gasteiger charge is -2.42. The molecule has 3 aliphatic rings. The molecule has 2 aliphatic carbocycles. The van der Waals surface area contributed by atoms with Crippen LogP contribution < -0.4 is 16.4 Å². The van der Waals surface area contributed by atoms with Crippen molar-refractivity contribution in [2.45, 2.75) is 44.2 Å². The summed E-state index contributed by atoms with van der Waals surface area (Å²) in [4.78, 5) is 22.8. The number of carbonyl (C=O) groups is 1. The van der Waals surface area contributed by atoms with Gasteiger partial charge >= 0.3 is 0 Å². The van der Waals surface area contributed by atoms with Gasteiger partial charge in [0, 0.05) is 30.6 Å². The number of nitrogens with two attached hydrogens (primary N) is 2. The molecule has 2 aromatic carbocycles. The summed E-state index contributed by atoms with van der Waals surface area (Å²) in [7, 11) is 0. The van der Waals surface area contributed by atoms with Crippen molar-refractivity contribution in [2.75, 3.05) is 18.0 Å². The topological polar surface area (TPSA) is 118 Å². The molecule has 3 atom stereocenters. The second kappa shape index (κ2) is 9.29. The maximum Gasteiger partial charge on any atom is 0.248 e. The number of aliphatic hydroxyl groups is 1. The molecule has 7 heteroatoms. The monoisotopic (exact) mass is 493 g/mol. The molecule has 1 saturated carbocycles. The number of anilines is 1. The van der Waals surface area contributed by atoms with E-state index in [2.05, 4.69) is 51.0 Å². The Hall–Kier alpha value is -3.73. The molecule has 1 amide bonds. The number of fused-ring (bicyclic) bond motifs is 1. The summed E-state index contributed by atoms with van der Waals surface area (Å²) in [6.45, 7) is 1.50. The molecule has 2 heterocycles. The molecule has 1 aromatic heterocycles. The number of benzene rings is 2. The fourth-order valence-corrected chi connectivity index (χ4v) is 6.10. The van der Waals surface area contributed by atoms with E-state index in [0.717, 1.165) is 50.2 Å². The maximum atomic E-state index is 11.3. The van der Waals surface area contributed by atoms with Crippen LogP contribution in [0.2, 0.25) is 0 Å². The number of hydrogen-bond acceptors (Lipinski definition) is 6. The summed E-state index contributed by atoms with van der Waals surface area (Å²) in [6, 6.07) is 16.0. The van der Waals surface area contributed by atoms with Gasteiger partial charge in [-0.25, -0.2) is 9.97 Å². The largest absolute Gasteiger partial charge is 0.390 e. The average Bonchev–Trinajstić information content (AvgIpc) is 3.66. The number of amides is 1. The molecule has 6 rings (SSSR count). The fourth-order valence-electron chi connectivity index (χ4n) is 6.10. The summed E-state index contributed by atoms with van der Waals surface area (Å²) in [5.74, 6) is 7.38. The normalized spacial score (nSPS) is 23.3. The molecule has 188 valence electrons. The van der Waals surface area contributed by atoms with E-state index in [1.54, 1.807) is 18.3 Å². The number of hydrogen-bond donors (Lipinski definition) is 3. The molecular formula is C30H31N5O2. The minimum atomic E-state index is -0.419. The lowest BCUT2D eigenvalue weighted by atomic mass is 9.73. The molecule has 0 bridgehead atoms. The van der Waals surface area contributed by atoms with Crippen LogP contribution in [0.15, 0.2) is 54.7 Å². The van der Waals surface area contributed by atoms with Gasteiger partial charge in [-0.15, -0.1) is 0 Å². The highest BCUT2D eigenvalue weighted by Gasteiger charge is 2.46. The van der Waals surface area contributed by atoms with Crippen LogP contribution in [-0.2, 0) is 13.0 Å². The van der Waals surface area contributed by atoms with E-state index >= 15 is 0 Å². The molecular weight excluding hydrogens is 462 g/mol. The van der Waals surface area contributed by atoms with Crippen molar-refractivity contribution in [1.82, 2.24) is 9.97 Å². The van der Waals surface area contributed by atoms with Gasteiger partial charge in [-0.3, -0.25) is 4.79 Å². The zero-order valence-corrected chi connectivity index (χ0v) is 20.7. The molecule has 37 heavy (non-hydrogen) atoms. The second-order valence-corrected chi connectivity index (χ2v) is 10.6. The van der Waals surface area contributed by atoms with Crippen molar-refractivity contribution >= 4 is 11.7 Å². The van der Waals surface area contributed by atoms with Crippen LogP contribution in [0.5, 0.6) is 0 Å². The number of nitrogens with zero attached hydrogens (tertiary/aromatic N) is 3. The van der Waals surface area contributed by atoms with E-state index in [1.807, 2.05) is 12.1 Å². The van der Waals surface area contributed by atoms with Gasteiger partial charge in [0.25, 0.3) is 0 Å². The molecule has 5 N–H and O–H groups in total. The van der Waals surface area contributed by atoms with E-state index in [0.29, 0.717) is 22.9 Å². The molecule has 2 unspecified atom stereocenters. The first-order valence-corrected chi connectivity index (χ1v) is 12.9. The van der Waals surface area contributed by atoms with Crippen molar-refractivity contribution in [3.8, 4) is 11.8 Å². The van der Waals surface area contributed by atoms with Crippen LogP contribution in [0, 0.1) is 23.2 Å². The zero-order valence-electron chi connectivity index (χ0n) is 20.7. The van der Waals surface area contributed by atoms with E-state index in [4.69, 9.17) is 11.5 Å². The quantitative estimate of drug-likeness (QED) is 0.481. The lowest BCUT2D eigenvalue weighted by molar-refractivity contribution is 0.1000. The smallest absolute Gasteiger partial charge is 0.248 e. The van der Waals surface area contributed by atoms with Crippen molar-refractivity contribution in [3.63, 3.8) is 0 Å². The third-order valence-corrected chi connectivity index (χ3v) is 8.42. The first-order chi connectivity index (χ1) is 18.0. The van der Waals surface area contributed by atoms with Gasteiger partial charge in [0.05, 0.1) is 12.8 Å². The summed E-state index contributed by atoms with van der Waals surface area (Å²) in [5, 5.41) is 10.1. The summed E-state index contributed by atoms with van der Waals surface area (Å²) < 4.78 is 0. The number of aliphatic hydroxyl groups excluding tert-OH is 1. The third-order valence-electron chi connectivity index (χ3n) is 8.42. The van der Waals surface area contributed by atoms with E-state index < -0.39 is 5.91 Å². The van der Waals surface area contributed by atoms with Crippen molar-refractivity contribution in [3.05, 3.63) is 88.4 Å². The molecule has 2 fully saturated rings. The Morgan fingerprint density at radius 3 is 2.59 bits per heavy atom. The van der Waals surface area contributed by atoms with E-state index in [1.165, 1.54) is 11.1 Å². The predicted octanol–water partition coefficient (Wildman–Crippen LogP) is 3.07. The maximum absolute atomic E-state index is 11.3. The molecule has 1 spiro atoms. The van der Waals surface area contributed by atoms with Crippen LogP contribution in [-0.4, -0.2) is 34.1 Å². The number of carbonyl (C=O) groups excluding carboxylic acids is 1. The fraction of sp³-hybridized carbons (Fsp3) is 0.367. The summed E-state index contributed by atoms with van der Waals surface area (Å²) >= 11 is 0. The van der Waals surface area contributed by atoms with Crippen molar-refractivity contribution < 1.29 is 9.90 Å². The molecule has 1 saturated heterocycles. The van der Waals surface area contributed by atoms with Gasteiger partial charge in [0.2, 0.25) is 5.91 Å². The Morgan fingerprint density at radius 2 is 1.89 bits per heavy atom. The lowest BCUT2D eigenvalue weighted by Crippen LogP contribution is -2.45. The van der Waals surface area contributed by atoms with Gasteiger partial charge in [0.1, 0.15) is 11.4 Å². The average molecular weight is 494 g/mol. The Bertz CT molecular complexity index is 1400. The van der Waals surface area contributed by atoms with Crippen LogP contribution in [0.4, 0.5) is 5.82 Å².